The fraction of sp³-hybridized carbons (Fsp3) is 0.0882. The summed E-state index contributed by atoms with van der Waals surface area (Å²) >= 11 is 6.88. The molecule has 206 valence electrons. The molecule has 0 aromatic heterocycles. The van der Waals surface area contributed by atoms with E-state index in [4.69, 9.17) is 5.41 Å². The topological polar surface area (TPSA) is 64.3 Å². The number of hydrogen-bond donors (Lipinski definition) is 3. The van der Waals surface area contributed by atoms with Crippen LogP contribution >= 0.6 is 31.9 Å². The second-order valence-electron chi connectivity index (χ2n) is 9.00. The maximum atomic E-state index is 10.7. The summed E-state index contributed by atoms with van der Waals surface area (Å²) in [6, 6.07) is 23.3. The average Bonchev–Trinajstić information content (AvgIpc) is 2.88. The molecule has 6 heteroatoms. The monoisotopic (exact) mass is 825 g/mol. The summed E-state index contributed by atoms with van der Waals surface area (Å²) in [5.74, 6) is 0.374. The summed E-state index contributed by atoms with van der Waals surface area (Å²) < 4.78 is 1.29. The zero-order valence-electron chi connectivity index (χ0n) is 23.3. The molecule has 0 aliphatic heterocycles. The van der Waals surface area contributed by atoms with Crippen LogP contribution in [0.5, 0.6) is 11.5 Å². The average molecular weight is 826 g/mol. The zero-order valence-corrected chi connectivity index (χ0v) is 30.1. The first kappa shape index (κ1) is 35.5. The summed E-state index contributed by atoms with van der Waals surface area (Å²) in [6.07, 6.45) is 5.59. The molecule has 0 saturated carbocycles. The minimum Gasteiger partial charge on any atom is -0.506 e. The van der Waals surface area contributed by atoms with E-state index in [-0.39, 0.29) is 52.2 Å². The summed E-state index contributed by atoms with van der Waals surface area (Å²) in [4.78, 5) is 0. The van der Waals surface area contributed by atoms with Gasteiger partial charge in [0.1, 0.15) is 11.5 Å². The number of halogens is 2. The van der Waals surface area contributed by atoms with Crippen molar-refractivity contribution >= 4 is 43.1 Å². The Morgan fingerprint density at radius 1 is 0.700 bits per heavy atom. The van der Waals surface area contributed by atoms with Crippen molar-refractivity contribution < 1.29 is 36.1 Å². The van der Waals surface area contributed by atoms with Crippen LogP contribution in [0, 0.1) is 34.1 Å². The molecule has 0 heterocycles. The number of allylic oxidation sites excluding steroid dienone is 4. The van der Waals surface area contributed by atoms with Crippen LogP contribution in [-0.2, 0) is 25.8 Å². The number of aromatic hydroxyl groups is 2. The number of phenolic OH excluding ortho intramolecular Hbond substituents is 2. The molecule has 0 bridgehead atoms. The Balaban J connectivity index is 0.00000267. The summed E-state index contributed by atoms with van der Waals surface area (Å²) in [5, 5.41) is 30.1. The van der Waals surface area contributed by atoms with Gasteiger partial charge in [-0.3, -0.25) is 0 Å². The normalized spacial score (nSPS) is 10.9. The zero-order chi connectivity index (χ0) is 26.7. The molecule has 4 aromatic carbocycles. The second-order valence-corrected chi connectivity index (χ2v) is 10.7. The predicted molar refractivity (Wildman–Crippen MR) is 174 cm³/mol. The van der Waals surface area contributed by atoms with Crippen LogP contribution in [0.4, 0.5) is 0 Å². The first-order valence-electron chi connectivity index (χ1n) is 11.8. The van der Waals surface area contributed by atoms with E-state index in [0.717, 1.165) is 44.5 Å². The van der Waals surface area contributed by atoms with E-state index in [2.05, 4.69) is 31.9 Å². The van der Waals surface area contributed by atoms with Crippen molar-refractivity contribution in [2.24, 2.45) is 0 Å². The van der Waals surface area contributed by atoms with Crippen LogP contribution in [0.3, 0.4) is 0 Å². The molecule has 4 rings (SSSR count). The summed E-state index contributed by atoms with van der Waals surface area (Å²) in [7, 11) is 0. The minimum atomic E-state index is 0. The van der Waals surface area contributed by atoms with Crippen molar-refractivity contribution in [1.82, 2.24) is 0 Å². The van der Waals surface area contributed by atoms with Gasteiger partial charge in [0, 0.05) is 42.5 Å². The van der Waals surface area contributed by atoms with Gasteiger partial charge in [0.15, 0.2) is 0 Å². The van der Waals surface area contributed by atoms with Crippen molar-refractivity contribution in [3.05, 3.63) is 137 Å². The van der Waals surface area contributed by atoms with Crippen LogP contribution in [0.15, 0.2) is 100.0 Å². The van der Waals surface area contributed by atoms with Gasteiger partial charge in [-0.1, -0.05) is 60.7 Å². The smallest absolute Gasteiger partial charge is 0.137 e. The SMILES string of the molecule is C/C(=C\C=C/C(=N)c1ccccc1-c1cc(C)cc(Br)c1O)c1ccccc1-c1cc(C)cc(Br)c1O.[CH3-].[CH3-].[Hf]. The van der Waals surface area contributed by atoms with Gasteiger partial charge in [-0.15, -0.1) is 0 Å². The number of nitrogens with one attached hydrogen (secondary N) is 1. The quantitative estimate of drug-likeness (QED) is 0.0785. The van der Waals surface area contributed by atoms with Crippen LogP contribution in [-0.4, -0.2) is 15.9 Å². The van der Waals surface area contributed by atoms with Crippen molar-refractivity contribution in [2.45, 2.75) is 20.8 Å². The van der Waals surface area contributed by atoms with E-state index in [0.29, 0.717) is 20.2 Å². The van der Waals surface area contributed by atoms with E-state index in [1.807, 2.05) is 106 Å². The van der Waals surface area contributed by atoms with E-state index in [1.165, 1.54) is 0 Å². The molecule has 3 nitrogen and oxygen atoms in total. The molecule has 0 spiro atoms. The Hall–Kier alpha value is -2.54. The van der Waals surface area contributed by atoms with Gasteiger partial charge in [0.25, 0.3) is 0 Å². The van der Waals surface area contributed by atoms with Crippen molar-refractivity contribution in [1.29, 1.82) is 5.41 Å². The fourth-order valence-corrected chi connectivity index (χ4v) is 5.51. The van der Waals surface area contributed by atoms with Gasteiger partial charge in [0.05, 0.1) is 14.7 Å². The van der Waals surface area contributed by atoms with Gasteiger partial charge >= 0.3 is 0 Å². The van der Waals surface area contributed by atoms with Crippen LogP contribution in [0.25, 0.3) is 27.8 Å². The molecule has 0 aliphatic carbocycles. The standard InChI is InChI=1S/C32H27Br2NO2.2CH3.Hf/c1-19-15-26(31(36)28(33)17-19)23-11-5-4-10-22(23)21(3)9-8-14-30(35)25-13-7-6-12-24(25)27-16-20(2)18-29(34)32(27)37;;;/h4-18,35-37H,1-3H3;2*1H3;/q;2*-1;/b14-8-,21-9+,35-30?;;;. The van der Waals surface area contributed by atoms with Gasteiger partial charge in [-0.05, 0) is 116 Å². The molecule has 0 radical (unpaired) electrons. The maximum Gasteiger partial charge on any atom is 0.137 e. The third kappa shape index (κ3) is 7.80. The molecule has 0 fully saturated rings. The van der Waals surface area contributed by atoms with Crippen LogP contribution < -0.4 is 0 Å². The van der Waals surface area contributed by atoms with E-state index >= 15 is 0 Å². The molecule has 40 heavy (non-hydrogen) atoms. The van der Waals surface area contributed by atoms with Gasteiger partial charge in [0.2, 0.25) is 0 Å². The molecule has 4 aromatic rings. The number of benzene rings is 4. The molecule has 0 amide bonds. The Bertz CT molecular complexity index is 1570. The first-order chi connectivity index (χ1) is 17.7. The van der Waals surface area contributed by atoms with Gasteiger partial charge in [-0.2, -0.15) is 0 Å². The molecule has 3 N–H and O–H groups in total. The van der Waals surface area contributed by atoms with Gasteiger partial charge < -0.3 is 30.5 Å². The third-order valence-electron chi connectivity index (χ3n) is 6.17. The van der Waals surface area contributed by atoms with Crippen LogP contribution in [0.1, 0.15) is 29.2 Å². The van der Waals surface area contributed by atoms with Crippen molar-refractivity contribution in [2.75, 3.05) is 0 Å². The largest absolute Gasteiger partial charge is 0.506 e. The molecular weight excluding hydrogens is 793 g/mol. The first-order valence-corrected chi connectivity index (χ1v) is 13.4. The molecule has 0 atom stereocenters. The van der Waals surface area contributed by atoms with Crippen molar-refractivity contribution in [3.63, 3.8) is 0 Å². The minimum absolute atomic E-state index is 0. The predicted octanol–water partition coefficient (Wildman–Crippen LogP) is 10.5. The Morgan fingerprint density at radius 3 is 1.62 bits per heavy atom. The Morgan fingerprint density at radius 2 is 1.12 bits per heavy atom. The van der Waals surface area contributed by atoms with E-state index < -0.39 is 0 Å². The van der Waals surface area contributed by atoms with Crippen LogP contribution in [0.2, 0.25) is 0 Å². The Kier molecular flexibility index (Phi) is 13.7. The van der Waals surface area contributed by atoms with Crippen molar-refractivity contribution in [3.8, 4) is 33.8 Å². The molecular formula is C34H33Br2HfNO2-2. The number of hydrogen-bond acceptors (Lipinski definition) is 3. The number of phenols is 2. The fourth-order valence-electron chi connectivity index (χ4n) is 4.36. The van der Waals surface area contributed by atoms with E-state index in [1.54, 1.807) is 6.08 Å². The Labute approximate surface area is 274 Å². The summed E-state index contributed by atoms with van der Waals surface area (Å²) in [6.45, 7) is 5.99. The molecule has 0 aliphatic rings. The molecule has 0 saturated heterocycles. The second kappa shape index (κ2) is 15.5. The summed E-state index contributed by atoms with van der Waals surface area (Å²) in [5.41, 5.74) is 8.33. The third-order valence-corrected chi connectivity index (χ3v) is 7.38. The molecule has 0 unspecified atom stereocenters. The van der Waals surface area contributed by atoms with Gasteiger partial charge in [-0.25, -0.2) is 0 Å². The van der Waals surface area contributed by atoms with E-state index in [9.17, 15) is 10.2 Å². The number of aryl methyl sites for hydroxylation is 2. The maximum absolute atomic E-state index is 10.7. The number of rotatable bonds is 6.